The maximum Gasteiger partial charge on any atom is 0.339 e. The number of furan rings is 1. The molecule has 0 unspecified atom stereocenters. The number of carboxylic acids is 1. The van der Waals surface area contributed by atoms with Gasteiger partial charge in [0.15, 0.2) is 5.17 Å². The van der Waals surface area contributed by atoms with Crippen molar-refractivity contribution in [3.05, 3.63) is 82.0 Å². The Balaban J connectivity index is 1.41. The molecular weight excluding hydrogens is 440 g/mol. The Morgan fingerprint density at radius 2 is 1.88 bits per heavy atom. The summed E-state index contributed by atoms with van der Waals surface area (Å²) in [7, 11) is 0. The number of aromatic hydroxyl groups is 1. The number of phenols is 1. The highest BCUT2D eigenvalue weighted by atomic mass is 32.2. The first-order chi connectivity index (χ1) is 15.9. The Hall–Kier alpha value is -3.78. The summed E-state index contributed by atoms with van der Waals surface area (Å²) in [6, 6.07) is 16.0. The van der Waals surface area contributed by atoms with Gasteiger partial charge in [0.2, 0.25) is 0 Å². The molecule has 3 aromatic rings. The third-order valence-corrected chi connectivity index (χ3v) is 6.10. The number of benzene rings is 2. The Morgan fingerprint density at radius 1 is 1.12 bits per heavy atom. The van der Waals surface area contributed by atoms with Crippen molar-refractivity contribution < 1.29 is 24.2 Å². The summed E-state index contributed by atoms with van der Waals surface area (Å²) in [5.74, 6) is -0.890. The number of hydrogen-bond acceptors (Lipinski definition) is 6. The second kappa shape index (κ2) is 9.79. The summed E-state index contributed by atoms with van der Waals surface area (Å²) in [5, 5.41) is 22.2. The predicted molar refractivity (Wildman–Crippen MR) is 128 cm³/mol. The maximum absolute atomic E-state index is 12.3. The first-order valence-electron chi connectivity index (χ1n) is 10.4. The summed E-state index contributed by atoms with van der Waals surface area (Å²) < 4.78 is 5.76. The van der Waals surface area contributed by atoms with Gasteiger partial charge < -0.3 is 19.9 Å². The number of amides is 1. The van der Waals surface area contributed by atoms with Crippen LogP contribution in [0, 0.1) is 0 Å². The summed E-state index contributed by atoms with van der Waals surface area (Å²) >= 11 is 1.25. The Morgan fingerprint density at radius 3 is 2.58 bits per heavy atom. The van der Waals surface area contributed by atoms with Gasteiger partial charge in [0.25, 0.3) is 5.91 Å². The van der Waals surface area contributed by atoms with Crippen LogP contribution in [0.1, 0.15) is 34.2 Å². The van der Waals surface area contributed by atoms with Crippen LogP contribution in [0.15, 0.2) is 68.9 Å². The number of nitrogens with zero attached hydrogens (tertiary/aromatic N) is 1. The van der Waals surface area contributed by atoms with Gasteiger partial charge in [-0.25, -0.2) is 4.79 Å². The van der Waals surface area contributed by atoms with E-state index in [4.69, 9.17) is 9.52 Å². The molecule has 0 bridgehead atoms. The number of hydrogen-bond donors (Lipinski definition) is 3. The van der Waals surface area contributed by atoms with E-state index >= 15 is 0 Å². The minimum atomic E-state index is -1.21. The van der Waals surface area contributed by atoms with E-state index in [1.807, 2.05) is 0 Å². The number of aryl methyl sites for hydroxylation is 1. The van der Waals surface area contributed by atoms with E-state index in [9.17, 15) is 14.7 Å². The van der Waals surface area contributed by atoms with Crippen molar-refractivity contribution in [2.75, 3.05) is 6.54 Å². The standard InChI is InChI=1S/C25H22N2O5S/c1-2-15-3-5-16(6-4-15)11-12-26-25-27-23(29)22(33-25)14-18-8-10-21(32-18)17-7-9-19(24(30)31)20(28)13-17/h3-10,13-14,28H,2,11-12H2,1H3,(H,30,31)(H,26,27,29)/b22-14-. The second-order valence-corrected chi connectivity index (χ2v) is 8.44. The Labute approximate surface area is 194 Å². The quantitative estimate of drug-likeness (QED) is 0.438. The van der Waals surface area contributed by atoms with Crippen molar-refractivity contribution in [1.82, 2.24) is 5.32 Å². The minimum absolute atomic E-state index is 0.184. The number of nitrogens with one attached hydrogen (secondary N) is 1. The molecule has 4 rings (SSSR count). The fourth-order valence-electron chi connectivity index (χ4n) is 3.31. The zero-order valence-corrected chi connectivity index (χ0v) is 18.7. The van der Waals surface area contributed by atoms with E-state index in [1.54, 1.807) is 24.3 Å². The van der Waals surface area contributed by atoms with Crippen molar-refractivity contribution in [2.45, 2.75) is 19.8 Å². The van der Waals surface area contributed by atoms with Gasteiger partial charge in [-0.1, -0.05) is 37.3 Å². The monoisotopic (exact) mass is 462 g/mol. The SMILES string of the molecule is CCc1ccc(CCN=C2NC(=O)/C(=C/c3ccc(-c4ccc(C(=O)O)c(O)c4)o3)S2)cc1. The normalized spacial score (nSPS) is 15.8. The molecule has 1 saturated heterocycles. The molecule has 2 aromatic carbocycles. The second-order valence-electron chi connectivity index (χ2n) is 7.41. The van der Waals surface area contributed by atoms with Gasteiger partial charge in [-0.15, -0.1) is 0 Å². The fraction of sp³-hybridized carbons (Fsp3) is 0.160. The van der Waals surface area contributed by atoms with E-state index in [2.05, 4.69) is 41.5 Å². The molecule has 0 atom stereocenters. The van der Waals surface area contributed by atoms with Crippen LogP contribution in [0.2, 0.25) is 0 Å². The van der Waals surface area contributed by atoms with Gasteiger partial charge in [0.1, 0.15) is 22.8 Å². The summed E-state index contributed by atoms with van der Waals surface area (Å²) in [5.41, 5.74) is 2.84. The maximum atomic E-state index is 12.3. The molecule has 168 valence electrons. The highest BCUT2D eigenvalue weighted by molar-refractivity contribution is 8.18. The highest BCUT2D eigenvalue weighted by Gasteiger charge is 2.24. The minimum Gasteiger partial charge on any atom is -0.507 e. The lowest BCUT2D eigenvalue weighted by molar-refractivity contribution is -0.115. The van der Waals surface area contributed by atoms with Crippen molar-refractivity contribution in [1.29, 1.82) is 0 Å². The van der Waals surface area contributed by atoms with Crippen molar-refractivity contribution in [3.8, 4) is 17.1 Å². The van der Waals surface area contributed by atoms with Crippen LogP contribution in [-0.4, -0.2) is 33.8 Å². The average molecular weight is 463 g/mol. The van der Waals surface area contributed by atoms with Crippen LogP contribution in [-0.2, 0) is 17.6 Å². The molecule has 0 radical (unpaired) electrons. The van der Waals surface area contributed by atoms with Gasteiger partial charge >= 0.3 is 5.97 Å². The molecule has 1 aromatic heterocycles. The molecule has 3 N–H and O–H groups in total. The van der Waals surface area contributed by atoms with Crippen molar-refractivity contribution >= 4 is 34.9 Å². The van der Waals surface area contributed by atoms with Gasteiger partial charge in [-0.2, -0.15) is 0 Å². The van der Waals surface area contributed by atoms with Gasteiger partial charge in [-0.05, 0) is 60.0 Å². The number of amidine groups is 1. The number of carboxylic acid groups (broad SMARTS) is 1. The zero-order chi connectivity index (χ0) is 23.4. The molecule has 1 fully saturated rings. The van der Waals surface area contributed by atoms with E-state index in [1.165, 1.54) is 35.0 Å². The number of aromatic carboxylic acids is 1. The van der Waals surface area contributed by atoms with E-state index in [0.29, 0.717) is 33.7 Å². The number of carbonyl (C=O) groups is 2. The fourth-order valence-corrected chi connectivity index (χ4v) is 4.14. The highest BCUT2D eigenvalue weighted by Crippen LogP contribution is 2.31. The van der Waals surface area contributed by atoms with Crippen molar-refractivity contribution in [2.24, 2.45) is 4.99 Å². The van der Waals surface area contributed by atoms with Crippen LogP contribution in [0.5, 0.6) is 5.75 Å². The number of rotatable bonds is 7. The number of thioether (sulfide) groups is 1. The number of carbonyl (C=O) groups excluding carboxylic acids is 1. The zero-order valence-electron chi connectivity index (χ0n) is 17.9. The first kappa shape index (κ1) is 22.4. The lowest BCUT2D eigenvalue weighted by Gasteiger charge is -2.02. The molecule has 1 aliphatic heterocycles. The summed E-state index contributed by atoms with van der Waals surface area (Å²) in [6.07, 6.45) is 3.43. The topological polar surface area (TPSA) is 112 Å². The molecular formula is C25H22N2O5S. The molecule has 0 spiro atoms. The van der Waals surface area contributed by atoms with E-state index < -0.39 is 5.97 Å². The lowest BCUT2D eigenvalue weighted by atomic mass is 10.1. The van der Waals surface area contributed by atoms with Crippen molar-refractivity contribution in [3.63, 3.8) is 0 Å². The van der Waals surface area contributed by atoms with Gasteiger partial charge in [-0.3, -0.25) is 9.79 Å². The molecule has 33 heavy (non-hydrogen) atoms. The Kier molecular flexibility index (Phi) is 6.65. The largest absolute Gasteiger partial charge is 0.507 e. The summed E-state index contributed by atoms with van der Waals surface area (Å²) in [6.45, 7) is 2.70. The predicted octanol–water partition coefficient (Wildman–Crippen LogP) is 4.72. The van der Waals surface area contributed by atoms with E-state index in [0.717, 1.165) is 12.8 Å². The number of aliphatic imine (C=N–C) groups is 1. The molecule has 7 nitrogen and oxygen atoms in total. The van der Waals surface area contributed by atoms with Crippen LogP contribution in [0.3, 0.4) is 0 Å². The van der Waals surface area contributed by atoms with Crippen LogP contribution in [0.25, 0.3) is 17.4 Å². The molecule has 2 heterocycles. The lowest BCUT2D eigenvalue weighted by Crippen LogP contribution is -2.20. The smallest absolute Gasteiger partial charge is 0.339 e. The summed E-state index contributed by atoms with van der Waals surface area (Å²) in [4.78, 5) is 28.3. The van der Waals surface area contributed by atoms with Crippen LogP contribution >= 0.6 is 11.8 Å². The third kappa shape index (κ3) is 5.35. The average Bonchev–Trinajstić information content (AvgIpc) is 3.40. The molecule has 1 aliphatic rings. The molecule has 8 heteroatoms. The molecule has 0 aliphatic carbocycles. The van der Waals surface area contributed by atoms with E-state index in [-0.39, 0.29) is 17.2 Å². The third-order valence-electron chi connectivity index (χ3n) is 5.15. The molecule has 0 saturated carbocycles. The van der Waals surface area contributed by atoms with Crippen LogP contribution in [0.4, 0.5) is 0 Å². The van der Waals surface area contributed by atoms with Gasteiger partial charge in [0, 0.05) is 18.2 Å². The Bertz CT molecular complexity index is 1260. The molecule has 1 amide bonds. The first-order valence-corrected chi connectivity index (χ1v) is 11.2. The van der Waals surface area contributed by atoms with Gasteiger partial charge in [0.05, 0.1) is 4.91 Å². The van der Waals surface area contributed by atoms with Crippen LogP contribution < -0.4 is 5.32 Å².